The van der Waals surface area contributed by atoms with Crippen molar-refractivity contribution >= 4 is 0 Å². The zero-order valence-corrected chi connectivity index (χ0v) is 12.6. The normalized spacial score (nSPS) is 21.7. The summed E-state index contributed by atoms with van der Waals surface area (Å²) in [7, 11) is 0. The molecular weight excluding hydrogens is 208 g/mol. The Kier molecular flexibility index (Phi) is 3.81. The van der Waals surface area contributed by atoms with Crippen LogP contribution in [0.3, 0.4) is 0 Å². The van der Waals surface area contributed by atoms with E-state index in [2.05, 4.69) is 55.0 Å². The highest BCUT2D eigenvalue weighted by molar-refractivity contribution is 5.25. The van der Waals surface area contributed by atoms with Crippen molar-refractivity contribution in [3.63, 3.8) is 0 Å². The molecule has 1 rings (SSSR count). The first-order valence-electron chi connectivity index (χ1n) is 6.55. The topological polar surface area (TPSA) is 9.23 Å². The van der Waals surface area contributed by atoms with Crippen molar-refractivity contribution in [3.8, 4) is 0 Å². The molecule has 0 spiro atoms. The molecule has 98 valence electrons. The molecule has 0 aliphatic carbocycles. The SMILES string of the molecule is C=C(C)[C@H]1CC(C(C)(C)C)=C(CC(C)(C)C)O1. The molecule has 0 fully saturated rings. The fourth-order valence-corrected chi connectivity index (χ4v) is 2.21. The van der Waals surface area contributed by atoms with Gasteiger partial charge in [0.05, 0.1) is 5.76 Å². The molecule has 0 unspecified atom stereocenters. The predicted molar refractivity (Wildman–Crippen MR) is 74.9 cm³/mol. The third kappa shape index (κ3) is 3.90. The first-order chi connectivity index (χ1) is 7.50. The molecule has 0 amide bonds. The summed E-state index contributed by atoms with van der Waals surface area (Å²) in [5.41, 5.74) is 3.08. The third-order valence-electron chi connectivity index (χ3n) is 3.16. The summed E-state index contributed by atoms with van der Waals surface area (Å²) in [4.78, 5) is 0. The van der Waals surface area contributed by atoms with Crippen LogP contribution >= 0.6 is 0 Å². The third-order valence-corrected chi connectivity index (χ3v) is 3.16. The lowest BCUT2D eigenvalue weighted by Gasteiger charge is -2.24. The molecule has 0 bridgehead atoms. The molecule has 0 aromatic carbocycles. The molecule has 1 aliphatic rings. The van der Waals surface area contributed by atoms with Crippen LogP contribution in [0.15, 0.2) is 23.5 Å². The van der Waals surface area contributed by atoms with E-state index in [1.165, 1.54) is 11.3 Å². The Bertz CT molecular complexity index is 334. The Hall–Kier alpha value is -0.720. The van der Waals surface area contributed by atoms with Gasteiger partial charge >= 0.3 is 0 Å². The van der Waals surface area contributed by atoms with Gasteiger partial charge in [-0.3, -0.25) is 0 Å². The first kappa shape index (κ1) is 14.3. The van der Waals surface area contributed by atoms with Crippen molar-refractivity contribution in [3.05, 3.63) is 23.5 Å². The summed E-state index contributed by atoms with van der Waals surface area (Å²) in [5.74, 6) is 1.21. The van der Waals surface area contributed by atoms with Crippen LogP contribution in [0.2, 0.25) is 0 Å². The average molecular weight is 236 g/mol. The fourth-order valence-electron chi connectivity index (χ4n) is 2.21. The minimum Gasteiger partial charge on any atom is -0.490 e. The quantitative estimate of drug-likeness (QED) is 0.607. The van der Waals surface area contributed by atoms with Crippen LogP contribution in [-0.2, 0) is 4.74 Å². The van der Waals surface area contributed by atoms with Gasteiger partial charge in [-0.1, -0.05) is 48.1 Å². The zero-order valence-electron chi connectivity index (χ0n) is 12.6. The van der Waals surface area contributed by atoms with Gasteiger partial charge in [-0.05, 0) is 28.9 Å². The maximum Gasteiger partial charge on any atom is 0.123 e. The lowest BCUT2D eigenvalue weighted by Crippen LogP contribution is -2.13. The van der Waals surface area contributed by atoms with Crippen LogP contribution in [0.1, 0.15) is 61.3 Å². The van der Waals surface area contributed by atoms with Gasteiger partial charge in [0.1, 0.15) is 6.10 Å². The maximum atomic E-state index is 6.12. The minimum atomic E-state index is 0.196. The van der Waals surface area contributed by atoms with Crippen molar-refractivity contribution < 1.29 is 4.74 Å². The lowest BCUT2D eigenvalue weighted by atomic mass is 9.80. The Balaban J connectivity index is 2.97. The van der Waals surface area contributed by atoms with Gasteiger partial charge in [0, 0.05) is 12.8 Å². The molecule has 0 radical (unpaired) electrons. The second-order valence-electron chi connectivity index (χ2n) is 7.55. The van der Waals surface area contributed by atoms with Gasteiger partial charge in [-0.2, -0.15) is 0 Å². The van der Waals surface area contributed by atoms with Gasteiger partial charge in [-0.15, -0.1) is 0 Å². The molecular formula is C16H28O. The number of hydrogen-bond donors (Lipinski definition) is 0. The first-order valence-corrected chi connectivity index (χ1v) is 6.55. The highest BCUT2D eigenvalue weighted by Crippen LogP contribution is 2.43. The standard InChI is InChI=1S/C16H28O/c1-11(2)13-9-12(16(6,7)8)14(17-13)10-15(3,4)5/h13H,1,9-10H2,2-8H3/t13-/m1/s1. The van der Waals surface area contributed by atoms with E-state index in [0.717, 1.165) is 18.4 Å². The molecule has 1 heteroatoms. The van der Waals surface area contributed by atoms with E-state index in [0.29, 0.717) is 0 Å². The average Bonchev–Trinajstić information content (AvgIpc) is 2.43. The van der Waals surface area contributed by atoms with Gasteiger partial charge in [0.15, 0.2) is 0 Å². The van der Waals surface area contributed by atoms with Crippen molar-refractivity contribution in [1.29, 1.82) is 0 Å². The second-order valence-corrected chi connectivity index (χ2v) is 7.55. The monoisotopic (exact) mass is 236 g/mol. The van der Waals surface area contributed by atoms with E-state index in [1.54, 1.807) is 0 Å². The van der Waals surface area contributed by atoms with E-state index in [9.17, 15) is 0 Å². The van der Waals surface area contributed by atoms with E-state index in [4.69, 9.17) is 4.74 Å². The molecule has 0 saturated heterocycles. The lowest BCUT2D eigenvalue weighted by molar-refractivity contribution is 0.150. The largest absolute Gasteiger partial charge is 0.490 e. The van der Waals surface area contributed by atoms with E-state index < -0.39 is 0 Å². The predicted octanol–water partition coefficient (Wildman–Crippen LogP) is 5.09. The van der Waals surface area contributed by atoms with E-state index in [-0.39, 0.29) is 16.9 Å². The summed E-state index contributed by atoms with van der Waals surface area (Å²) in [5, 5.41) is 0. The van der Waals surface area contributed by atoms with Crippen molar-refractivity contribution in [2.45, 2.75) is 67.4 Å². The maximum absolute atomic E-state index is 6.12. The summed E-state index contributed by atoms with van der Waals surface area (Å²) >= 11 is 0. The highest BCUT2D eigenvalue weighted by atomic mass is 16.5. The van der Waals surface area contributed by atoms with Crippen LogP contribution in [0, 0.1) is 10.8 Å². The minimum absolute atomic E-state index is 0.196. The summed E-state index contributed by atoms with van der Waals surface area (Å²) in [6.45, 7) is 19.7. The molecule has 1 heterocycles. The molecule has 0 saturated carbocycles. The van der Waals surface area contributed by atoms with Crippen molar-refractivity contribution in [2.24, 2.45) is 10.8 Å². The second kappa shape index (κ2) is 4.51. The van der Waals surface area contributed by atoms with Gasteiger partial charge < -0.3 is 4.74 Å². The Labute approximate surface area is 107 Å². The zero-order chi connectivity index (χ0) is 13.4. The molecule has 0 aromatic rings. The van der Waals surface area contributed by atoms with Crippen LogP contribution in [0.4, 0.5) is 0 Å². The van der Waals surface area contributed by atoms with E-state index >= 15 is 0 Å². The molecule has 0 aromatic heterocycles. The smallest absolute Gasteiger partial charge is 0.123 e. The summed E-state index contributed by atoms with van der Waals surface area (Å²) in [6.07, 6.45) is 2.23. The van der Waals surface area contributed by atoms with Gasteiger partial charge in [0.2, 0.25) is 0 Å². The summed E-state index contributed by atoms with van der Waals surface area (Å²) in [6, 6.07) is 0. The number of hydrogen-bond acceptors (Lipinski definition) is 1. The highest BCUT2D eigenvalue weighted by Gasteiger charge is 2.34. The Morgan fingerprint density at radius 3 is 2.12 bits per heavy atom. The van der Waals surface area contributed by atoms with Crippen LogP contribution in [0.5, 0.6) is 0 Å². The van der Waals surface area contributed by atoms with Crippen molar-refractivity contribution in [1.82, 2.24) is 0 Å². The molecule has 1 nitrogen and oxygen atoms in total. The molecule has 17 heavy (non-hydrogen) atoms. The van der Waals surface area contributed by atoms with Crippen molar-refractivity contribution in [2.75, 3.05) is 0 Å². The van der Waals surface area contributed by atoms with Gasteiger partial charge in [-0.25, -0.2) is 0 Å². The number of rotatable bonds is 2. The Morgan fingerprint density at radius 1 is 1.24 bits per heavy atom. The number of allylic oxidation sites excluding steroid dienone is 1. The van der Waals surface area contributed by atoms with Crippen LogP contribution in [-0.4, -0.2) is 6.10 Å². The Morgan fingerprint density at radius 2 is 1.76 bits per heavy atom. The van der Waals surface area contributed by atoms with Crippen LogP contribution in [0.25, 0.3) is 0 Å². The van der Waals surface area contributed by atoms with Gasteiger partial charge in [0.25, 0.3) is 0 Å². The molecule has 1 atom stereocenters. The van der Waals surface area contributed by atoms with Crippen LogP contribution < -0.4 is 0 Å². The molecule has 0 N–H and O–H groups in total. The molecule has 1 aliphatic heterocycles. The summed E-state index contributed by atoms with van der Waals surface area (Å²) < 4.78 is 6.12. The fraction of sp³-hybridized carbons (Fsp3) is 0.750. The van der Waals surface area contributed by atoms with E-state index in [1.807, 2.05) is 0 Å². The number of ether oxygens (including phenoxy) is 1.